The SMILES string of the molecule is O=S(=O)(NN=C(c1ccccc1)c1ccncc1)c1ccccc1. The molecule has 120 valence electrons. The lowest BCUT2D eigenvalue weighted by atomic mass is 10.0. The summed E-state index contributed by atoms with van der Waals surface area (Å²) in [5.74, 6) is 0. The van der Waals surface area contributed by atoms with E-state index >= 15 is 0 Å². The van der Waals surface area contributed by atoms with Gasteiger partial charge in [0.1, 0.15) is 0 Å². The summed E-state index contributed by atoms with van der Waals surface area (Å²) in [5, 5.41) is 4.16. The predicted octanol–water partition coefficient (Wildman–Crippen LogP) is 2.81. The monoisotopic (exact) mass is 337 g/mol. The fourth-order valence-corrected chi connectivity index (χ4v) is 2.99. The molecule has 0 fully saturated rings. The smallest absolute Gasteiger partial charge is 0.265 e. The van der Waals surface area contributed by atoms with E-state index in [0.717, 1.165) is 11.1 Å². The Morgan fingerprint density at radius 2 is 1.33 bits per heavy atom. The Morgan fingerprint density at radius 3 is 1.96 bits per heavy atom. The molecule has 5 nitrogen and oxygen atoms in total. The molecular weight excluding hydrogens is 322 g/mol. The maximum absolute atomic E-state index is 12.4. The highest BCUT2D eigenvalue weighted by Crippen LogP contribution is 2.12. The molecule has 1 aromatic heterocycles. The van der Waals surface area contributed by atoms with Crippen molar-refractivity contribution in [2.24, 2.45) is 5.10 Å². The molecule has 0 saturated heterocycles. The Hall–Kier alpha value is -2.99. The van der Waals surface area contributed by atoms with E-state index < -0.39 is 10.0 Å². The molecule has 0 unspecified atom stereocenters. The third kappa shape index (κ3) is 3.67. The molecule has 3 aromatic rings. The van der Waals surface area contributed by atoms with Crippen LogP contribution in [0.3, 0.4) is 0 Å². The number of nitrogens with zero attached hydrogens (tertiary/aromatic N) is 2. The first-order chi connectivity index (χ1) is 11.7. The highest BCUT2D eigenvalue weighted by atomic mass is 32.2. The molecule has 2 aromatic carbocycles. The molecule has 0 amide bonds. The van der Waals surface area contributed by atoms with Crippen molar-refractivity contribution in [3.8, 4) is 0 Å². The summed E-state index contributed by atoms with van der Waals surface area (Å²) in [5.41, 5.74) is 2.10. The van der Waals surface area contributed by atoms with E-state index in [1.54, 1.807) is 42.7 Å². The van der Waals surface area contributed by atoms with Crippen LogP contribution in [0.15, 0.2) is 95.2 Å². The van der Waals surface area contributed by atoms with E-state index in [1.807, 2.05) is 30.3 Å². The average Bonchev–Trinajstić information content (AvgIpc) is 2.64. The predicted molar refractivity (Wildman–Crippen MR) is 93.1 cm³/mol. The number of hydrazone groups is 1. The van der Waals surface area contributed by atoms with Gasteiger partial charge in [-0.25, -0.2) is 0 Å². The number of sulfonamides is 1. The second kappa shape index (κ2) is 7.06. The molecule has 3 rings (SSSR count). The lowest BCUT2D eigenvalue weighted by molar-refractivity contribution is 0.584. The van der Waals surface area contributed by atoms with Crippen LogP contribution in [0.5, 0.6) is 0 Å². The standard InChI is InChI=1S/C18H15N3O2S/c22-24(23,17-9-5-2-6-10-17)21-20-18(15-7-3-1-4-8-15)16-11-13-19-14-12-16/h1-14,21H. The Balaban J connectivity index is 1.99. The van der Waals surface area contributed by atoms with Crippen LogP contribution in [0, 0.1) is 0 Å². The topological polar surface area (TPSA) is 71.4 Å². The summed E-state index contributed by atoms with van der Waals surface area (Å²) >= 11 is 0. The molecule has 0 atom stereocenters. The molecule has 0 saturated carbocycles. The number of nitrogens with one attached hydrogen (secondary N) is 1. The van der Waals surface area contributed by atoms with E-state index in [0.29, 0.717) is 5.71 Å². The first-order valence-electron chi connectivity index (χ1n) is 7.27. The first kappa shape index (κ1) is 15.9. The molecule has 0 radical (unpaired) electrons. The largest absolute Gasteiger partial charge is 0.276 e. The van der Waals surface area contributed by atoms with Gasteiger partial charge in [-0.2, -0.15) is 18.4 Å². The van der Waals surface area contributed by atoms with Crippen LogP contribution in [0.1, 0.15) is 11.1 Å². The fourth-order valence-electron chi connectivity index (χ4n) is 2.16. The van der Waals surface area contributed by atoms with Gasteiger partial charge in [-0.15, -0.1) is 0 Å². The highest BCUT2D eigenvalue weighted by molar-refractivity contribution is 7.89. The van der Waals surface area contributed by atoms with Crippen LogP contribution in [0.2, 0.25) is 0 Å². The van der Waals surface area contributed by atoms with Crippen LogP contribution in [-0.2, 0) is 10.0 Å². The Kier molecular flexibility index (Phi) is 4.67. The molecule has 1 N–H and O–H groups in total. The maximum atomic E-state index is 12.4. The summed E-state index contributed by atoms with van der Waals surface area (Å²) < 4.78 is 24.7. The van der Waals surface area contributed by atoms with Crippen LogP contribution >= 0.6 is 0 Å². The second-order valence-corrected chi connectivity index (χ2v) is 6.63. The zero-order valence-electron chi connectivity index (χ0n) is 12.7. The minimum atomic E-state index is -3.72. The quantitative estimate of drug-likeness (QED) is 0.575. The molecule has 0 bridgehead atoms. The second-order valence-electron chi connectivity index (χ2n) is 4.97. The van der Waals surface area contributed by atoms with Crippen LogP contribution in [0.25, 0.3) is 0 Å². The minimum absolute atomic E-state index is 0.163. The molecule has 0 aliphatic heterocycles. The van der Waals surface area contributed by atoms with Crippen molar-refractivity contribution in [3.05, 3.63) is 96.3 Å². The summed E-state index contributed by atoms with van der Waals surface area (Å²) in [6.45, 7) is 0. The number of aromatic nitrogens is 1. The van der Waals surface area contributed by atoms with Crippen molar-refractivity contribution >= 4 is 15.7 Å². The van der Waals surface area contributed by atoms with Crippen molar-refractivity contribution in [1.82, 2.24) is 9.82 Å². The summed E-state index contributed by atoms with van der Waals surface area (Å²) in [7, 11) is -3.72. The average molecular weight is 337 g/mol. The van der Waals surface area contributed by atoms with E-state index in [1.165, 1.54) is 12.1 Å². The molecular formula is C18H15N3O2S. The van der Waals surface area contributed by atoms with Gasteiger partial charge in [0.25, 0.3) is 10.0 Å². The molecule has 24 heavy (non-hydrogen) atoms. The van der Waals surface area contributed by atoms with Crippen molar-refractivity contribution in [3.63, 3.8) is 0 Å². The minimum Gasteiger partial charge on any atom is -0.265 e. The molecule has 1 heterocycles. The van der Waals surface area contributed by atoms with Crippen LogP contribution < -0.4 is 4.83 Å². The van der Waals surface area contributed by atoms with E-state index in [-0.39, 0.29) is 4.90 Å². The van der Waals surface area contributed by atoms with Crippen LogP contribution in [-0.4, -0.2) is 19.1 Å². The van der Waals surface area contributed by atoms with Crippen molar-refractivity contribution in [2.45, 2.75) is 4.90 Å². The van der Waals surface area contributed by atoms with Gasteiger partial charge in [-0.05, 0) is 24.3 Å². The zero-order chi connectivity index (χ0) is 16.8. The summed E-state index contributed by atoms with van der Waals surface area (Å²) in [4.78, 5) is 6.46. The number of pyridine rings is 1. The number of benzene rings is 2. The van der Waals surface area contributed by atoms with Crippen molar-refractivity contribution in [1.29, 1.82) is 0 Å². The van der Waals surface area contributed by atoms with Gasteiger partial charge >= 0.3 is 0 Å². The van der Waals surface area contributed by atoms with Gasteiger partial charge in [0.05, 0.1) is 10.6 Å². The normalized spacial score (nSPS) is 11.9. The lowest BCUT2D eigenvalue weighted by Gasteiger charge is -2.09. The lowest BCUT2D eigenvalue weighted by Crippen LogP contribution is -2.21. The fraction of sp³-hybridized carbons (Fsp3) is 0. The zero-order valence-corrected chi connectivity index (χ0v) is 13.5. The van der Waals surface area contributed by atoms with Gasteiger partial charge < -0.3 is 0 Å². The molecule has 0 aliphatic rings. The maximum Gasteiger partial charge on any atom is 0.276 e. The third-order valence-electron chi connectivity index (χ3n) is 3.33. The van der Waals surface area contributed by atoms with Gasteiger partial charge in [0, 0.05) is 23.5 Å². The van der Waals surface area contributed by atoms with Crippen molar-refractivity contribution in [2.75, 3.05) is 0 Å². The van der Waals surface area contributed by atoms with Crippen LogP contribution in [0.4, 0.5) is 0 Å². The van der Waals surface area contributed by atoms with Crippen molar-refractivity contribution < 1.29 is 8.42 Å². The Bertz CT molecular complexity index is 884. The Labute approximate surface area is 140 Å². The molecule has 0 aliphatic carbocycles. The van der Waals surface area contributed by atoms with E-state index in [2.05, 4.69) is 14.9 Å². The number of hydrogen-bond donors (Lipinski definition) is 1. The summed E-state index contributed by atoms with van der Waals surface area (Å²) in [6, 6.07) is 21.1. The molecule has 0 spiro atoms. The first-order valence-corrected chi connectivity index (χ1v) is 8.75. The third-order valence-corrected chi connectivity index (χ3v) is 4.56. The molecule has 6 heteroatoms. The van der Waals surface area contributed by atoms with E-state index in [4.69, 9.17) is 0 Å². The highest BCUT2D eigenvalue weighted by Gasteiger charge is 2.14. The van der Waals surface area contributed by atoms with Gasteiger partial charge in [0.2, 0.25) is 0 Å². The Morgan fingerprint density at radius 1 is 0.792 bits per heavy atom. The number of hydrogen-bond acceptors (Lipinski definition) is 4. The van der Waals surface area contributed by atoms with Gasteiger partial charge in [0.15, 0.2) is 0 Å². The summed E-state index contributed by atoms with van der Waals surface area (Å²) in [6.07, 6.45) is 3.28. The van der Waals surface area contributed by atoms with Gasteiger partial charge in [-0.3, -0.25) is 4.98 Å². The van der Waals surface area contributed by atoms with Gasteiger partial charge in [-0.1, -0.05) is 48.5 Å². The van der Waals surface area contributed by atoms with E-state index in [9.17, 15) is 8.42 Å². The number of rotatable bonds is 5.